The highest BCUT2D eigenvalue weighted by atomic mass is 32.2. The molecule has 0 radical (unpaired) electrons. The molecule has 1 saturated heterocycles. The number of carbonyl (C=O) groups is 1. The topological polar surface area (TPSA) is 74.7 Å². The van der Waals surface area contributed by atoms with Crippen molar-refractivity contribution in [1.29, 1.82) is 0 Å². The van der Waals surface area contributed by atoms with Crippen molar-refractivity contribution < 1.29 is 17.6 Å². The number of amides is 2. The van der Waals surface area contributed by atoms with E-state index in [1.54, 1.807) is 35.2 Å². The Hall–Kier alpha value is -2.91. The number of aromatic nitrogens is 1. The van der Waals surface area contributed by atoms with Crippen LogP contribution in [-0.2, 0) is 23.6 Å². The zero-order chi connectivity index (χ0) is 21.3. The van der Waals surface area contributed by atoms with Crippen LogP contribution in [0.4, 0.5) is 9.18 Å². The number of nitrogens with one attached hydrogen (secondary N) is 1. The fourth-order valence-electron chi connectivity index (χ4n) is 3.59. The van der Waals surface area contributed by atoms with Gasteiger partial charge in [0.15, 0.2) is 0 Å². The van der Waals surface area contributed by atoms with Gasteiger partial charge in [-0.1, -0.05) is 12.1 Å². The Morgan fingerprint density at radius 1 is 1.03 bits per heavy atom. The van der Waals surface area contributed by atoms with Crippen LogP contribution in [-0.4, -0.2) is 54.4 Å². The summed E-state index contributed by atoms with van der Waals surface area (Å²) in [6.45, 7) is 1.37. The smallest absolute Gasteiger partial charge is 0.317 e. The largest absolute Gasteiger partial charge is 0.351 e. The van der Waals surface area contributed by atoms with Crippen molar-refractivity contribution in [3.05, 3.63) is 66.1 Å². The Labute approximate surface area is 174 Å². The first-order chi connectivity index (χ1) is 14.3. The van der Waals surface area contributed by atoms with E-state index in [1.807, 2.05) is 23.9 Å². The lowest BCUT2D eigenvalue weighted by Gasteiger charge is -2.34. The first-order valence-electron chi connectivity index (χ1n) is 9.67. The molecule has 0 spiro atoms. The maximum Gasteiger partial charge on any atom is 0.317 e. The van der Waals surface area contributed by atoms with Gasteiger partial charge in [-0.2, -0.15) is 4.31 Å². The second-order valence-corrected chi connectivity index (χ2v) is 9.26. The SMILES string of the molecule is Cn1ccc2cc(S(=O)(=O)N3CCN(C(=O)NCc4ccc(F)cc4)CC3)ccc21. The molecule has 0 bridgehead atoms. The molecule has 0 unspecified atom stereocenters. The van der Waals surface area contributed by atoms with Gasteiger partial charge in [-0.05, 0) is 42.0 Å². The highest BCUT2D eigenvalue weighted by Crippen LogP contribution is 2.23. The maximum absolute atomic E-state index is 13.0. The molecule has 9 heteroatoms. The molecule has 2 amide bonds. The second-order valence-electron chi connectivity index (χ2n) is 7.32. The van der Waals surface area contributed by atoms with Crippen molar-refractivity contribution in [2.45, 2.75) is 11.4 Å². The third kappa shape index (κ3) is 4.03. The number of sulfonamides is 1. The van der Waals surface area contributed by atoms with E-state index in [0.29, 0.717) is 13.1 Å². The number of hydrogen-bond donors (Lipinski definition) is 1. The Balaban J connectivity index is 1.36. The van der Waals surface area contributed by atoms with Crippen molar-refractivity contribution in [2.75, 3.05) is 26.2 Å². The molecule has 2 heterocycles. The molecule has 2 aromatic carbocycles. The number of aryl methyl sites for hydroxylation is 1. The summed E-state index contributed by atoms with van der Waals surface area (Å²) in [6, 6.07) is 12.7. The normalized spacial score (nSPS) is 15.5. The van der Waals surface area contributed by atoms with Gasteiger partial charge >= 0.3 is 6.03 Å². The van der Waals surface area contributed by atoms with Gasteiger partial charge < -0.3 is 14.8 Å². The third-order valence-electron chi connectivity index (χ3n) is 5.38. The summed E-state index contributed by atoms with van der Waals surface area (Å²) in [6.07, 6.45) is 1.89. The number of halogens is 1. The Morgan fingerprint density at radius 2 is 1.73 bits per heavy atom. The average molecular weight is 431 g/mol. The number of fused-ring (bicyclic) bond motifs is 1. The minimum Gasteiger partial charge on any atom is -0.351 e. The van der Waals surface area contributed by atoms with Crippen LogP contribution >= 0.6 is 0 Å². The number of rotatable bonds is 4. The number of carbonyl (C=O) groups excluding carboxylic acids is 1. The molecule has 1 aromatic heterocycles. The van der Waals surface area contributed by atoms with Crippen LogP contribution in [0.15, 0.2) is 59.6 Å². The number of urea groups is 1. The van der Waals surface area contributed by atoms with Gasteiger partial charge in [-0.3, -0.25) is 0 Å². The molecule has 1 aliphatic rings. The molecule has 4 rings (SSSR count). The molecule has 0 aliphatic carbocycles. The third-order valence-corrected chi connectivity index (χ3v) is 7.27. The minimum absolute atomic E-state index is 0.235. The summed E-state index contributed by atoms with van der Waals surface area (Å²) in [5, 5.41) is 3.66. The van der Waals surface area contributed by atoms with Crippen LogP contribution in [0, 0.1) is 5.82 Å². The second kappa shape index (κ2) is 8.08. The standard InChI is InChI=1S/C21H23FN4O3S/c1-24-9-8-17-14-19(6-7-20(17)24)30(28,29)26-12-10-25(11-13-26)21(27)23-15-16-2-4-18(22)5-3-16/h2-9,14H,10-13,15H2,1H3,(H,23,27). The lowest BCUT2D eigenvalue weighted by molar-refractivity contribution is 0.172. The van der Waals surface area contributed by atoms with Gasteiger partial charge in [0.2, 0.25) is 10.0 Å². The van der Waals surface area contributed by atoms with Crippen LogP contribution in [0.1, 0.15) is 5.56 Å². The number of piperazine rings is 1. The molecular formula is C21H23FN4O3S. The minimum atomic E-state index is -3.62. The van der Waals surface area contributed by atoms with Gasteiger partial charge in [0.25, 0.3) is 0 Å². The predicted molar refractivity (Wildman–Crippen MR) is 112 cm³/mol. The van der Waals surface area contributed by atoms with Gasteiger partial charge in [0.1, 0.15) is 5.82 Å². The van der Waals surface area contributed by atoms with E-state index in [2.05, 4.69) is 5.32 Å². The molecule has 3 aromatic rings. The van der Waals surface area contributed by atoms with E-state index in [-0.39, 0.29) is 36.4 Å². The molecule has 1 fully saturated rings. The first-order valence-corrected chi connectivity index (χ1v) is 11.1. The zero-order valence-corrected chi connectivity index (χ0v) is 17.4. The Bertz CT molecular complexity index is 1170. The molecule has 1 aliphatic heterocycles. The van der Waals surface area contributed by atoms with Gasteiger partial charge in [-0.15, -0.1) is 0 Å². The fourth-order valence-corrected chi connectivity index (χ4v) is 5.05. The predicted octanol–water partition coefficient (Wildman–Crippen LogP) is 2.53. The van der Waals surface area contributed by atoms with Crippen molar-refractivity contribution in [3.8, 4) is 0 Å². The van der Waals surface area contributed by atoms with Crippen LogP contribution in [0.2, 0.25) is 0 Å². The summed E-state index contributed by atoms with van der Waals surface area (Å²) >= 11 is 0. The Morgan fingerprint density at radius 3 is 2.43 bits per heavy atom. The summed E-state index contributed by atoms with van der Waals surface area (Å²) in [7, 11) is -1.71. The monoisotopic (exact) mass is 430 g/mol. The van der Waals surface area contributed by atoms with Gasteiger partial charge in [-0.25, -0.2) is 17.6 Å². The van der Waals surface area contributed by atoms with E-state index in [0.717, 1.165) is 16.5 Å². The summed E-state index contributed by atoms with van der Waals surface area (Å²) in [5.41, 5.74) is 1.76. The van der Waals surface area contributed by atoms with Crippen molar-refractivity contribution in [3.63, 3.8) is 0 Å². The quantitative estimate of drug-likeness (QED) is 0.691. The summed E-state index contributed by atoms with van der Waals surface area (Å²) in [5.74, 6) is -0.325. The van der Waals surface area contributed by atoms with Crippen LogP contribution in [0.5, 0.6) is 0 Å². The highest BCUT2D eigenvalue weighted by Gasteiger charge is 2.30. The van der Waals surface area contributed by atoms with Crippen molar-refractivity contribution in [2.24, 2.45) is 7.05 Å². The van der Waals surface area contributed by atoms with Crippen LogP contribution in [0.25, 0.3) is 10.9 Å². The summed E-state index contributed by atoms with van der Waals surface area (Å²) < 4.78 is 42.4. The van der Waals surface area contributed by atoms with E-state index in [1.165, 1.54) is 16.4 Å². The average Bonchev–Trinajstić information content (AvgIpc) is 3.13. The molecule has 0 saturated carbocycles. The number of nitrogens with zero attached hydrogens (tertiary/aromatic N) is 3. The van der Waals surface area contributed by atoms with E-state index < -0.39 is 10.0 Å². The lowest BCUT2D eigenvalue weighted by atomic mass is 10.2. The molecule has 30 heavy (non-hydrogen) atoms. The van der Waals surface area contributed by atoms with E-state index in [9.17, 15) is 17.6 Å². The fraction of sp³-hybridized carbons (Fsp3) is 0.286. The van der Waals surface area contributed by atoms with E-state index in [4.69, 9.17) is 0 Å². The highest BCUT2D eigenvalue weighted by molar-refractivity contribution is 7.89. The Kier molecular flexibility index (Phi) is 5.48. The number of benzene rings is 2. The molecular weight excluding hydrogens is 407 g/mol. The van der Waals surface area contributed by atoms with E-state index >= 15 is 0 Å². The molecule has 0 atom stereocenters. The molecule has 7 nitrogen and oxygen atoms in total. The molecule has 158 valence electrons. The first kappa shape index (κ1) is 20.4. The van der Waals surface area contributed by atoms with Crippen LogP contribution in [0.3, 0.4) is 0 Å². The van der Waals surface area contributed by atoms with Crippen molar-refractivity contribution >= 4 is 27.0 Å². The van der Waals surface area contributed by atoms with Crippen molar-refractivity contribution in [1.82, 2.24) is 19.1 Å². The maximum atomic E-state index is 13.0. The van der Waals surface area contributed by atoms with Gasteiger partial charge in [0.05, 0.1) is 4.90 Å². The summed E-state index contributed by atoms with van der Waals surface area (Å²) in [4.78, 5) is 14.2. The number of hydrogen-bond acceptors (Lipinski definition) is 3. The molecule has 1 N–H and O–H groups in total. The lowest BCUT2D eigenvalue weighted by Crippen LogP contribution is -2.52. The van der Waals surface area contributed by atoms with Gasteiger partial charge in [0, 0.05) is 56.9 Å². The van der Waals surface area contributed by atoms with Crippen LogP contribution < -0.4 is 5.32 Å². The zero-order valence-electron chi connectivity index (χ0n) is 16.6.